The van der Waals surface area contributed by atoms with Crippen molar-refractivity contribution < 1.29 is 57.9 Å². The van der Waals surface area contributed by atoms with Gasteiger partial charge in [-0.2, -0.15) is 0 Å². The number of hydrogen-bond donors (Lipinski definition) is 1. The second-order valence-electron chi connectivity index (χ2n) is 5.96. The fraction of sp³-hybridized carbons (Fsp3) is 0.632. The van der Waals surface area contributed by atoms with Crippen LogP contribution in [0.3, 0.4) is 0 Å². The molecule has 1 rings (SSSR count). The molecule has 0 aromatic carbocycles. The molecule has 0 aromatic rings. The van der Waals surface area contributed by atoms with Crippen LogP contribution in [0.25, 0.3) is 0 Å². The van der Waals surface area contributed by atoms with Gasteiger partial charge in [0.15, 0.2) is 24.6 Å². The minimum atomic E-state index is -1.64. The van der Waals surface area contributed by atoms with Gasteiger partial charge in [-0.3, -0.25) is 24.0 Å². The molecule has 1 aliphatic heterocycles. The lowest BCUT2D eigenvalue weighted by molar-refractivity contribution is -0.307. The smallest absolute Gasteiger partial charge is 0.303 e. The number of nitrogens with one attached hydrogen (secondary N) is 1. The molecule has 12 heteroatoms. The number of rotatable bonds is 10. The van der Waals surface area contributed by atoms with Gasteiger partial charge < -0.3 is 33.7 Å². The predicted molar refractivity (Wildman–Crippen MR) is 101 cm³/mol. The highest BCUT2D eigenvalue weighted by Crippen LogP contribution is 2.29. The van der Waals surface area contributed by atoms with Crippen LogP contribution in [0.15, 0.2) is 12.7 Å². The highest BCUT2D eigenvalue weighted by atomic mass is 16.7. The third-order valence-electron chi connectivity index (χ3n) is 3.67. The Morgan fingerprint density at radius 3 is 2.10 bits per heavy atom. The molecule has 1 unspecified atom stereocenters. The molecule has 1 N–H and O–H groups in total. The highest BCUT2D eigenvalue weighted by Gasteiger charge is 2.52. The lowest BCUT2D eigenvalue weighted by Gasteiger charge is -2.44. The van der Waals surface area contributed by atoms with E-state index in [0.717, 1.165) is 6.08 Å². The van der Waals surface area contributed by atoms with Crippen LogP contribution in [0.5, 0.6) is 0 Å². The summed E-state index contributed by atoms with van der Waals surface area (Å²) in [5.74, 6) is -4.72. The van der Waals surface area contributed by atoms with Crippen LogP contribution in [-0.4, -0.2) is 80.2 Å². The predicted octanol–water partition coefficient (Wildman–Crippen LogP) is -0.612. The van der Waals surface area contributed by atoms with Gasteiger partial charge in [-0.1, -0.05) is 6.58 Å². The van der Waals surface area contributed by atoms with Gasteiger partial charge in [0.25, 0.3) is 0 Å². The van der Waals surface area contributed by atoms with Crippen molar-refractivity contribution >= 4 is 29.8 Å². The highest BCUT2D eigenvalue weighted by molar-refractivity contribution is 5.86. The van der Waals surface area contributed by atoms with E-state index in [1.54, 1.807) is 0 Å². The molecule has 0 aliphatic carbocycles. The number of carbonyl (C=O) groups is 5. The van der Waals surface area contributed by atoms with Gasteiger partial charge >= 0.3 is 23.9 Å². The van der Waals surface area contributed by atoms with E-state index in [0.29, 0.717) is 0 Å². The summed E-state index contributed by atoms with van der Waals surface area (Å²) in [7, 11) is 0. The molecule has 1 saturated heterocycles. The fourth-order valence-corrected chi connectivity index (χ4v) is 2.60. The first-order valence-corrected chi connectivity index (χ1v) is 8.78. The first-order chi connectivity index (χ1) is 16.7. The fourth-order valence-electron chi connectivity index (χ4n) is 2.60. The average molecular weight is 449 g/mol. The zero-order valence-corrected chi connectivity index (χ0v) is 16.6. The van der Waals surface area contributed by atoms with Crippen LogP contribution in [0.2, 0.25) is 0 Å². The number of ether oxygens (including phenoxy) is 6. The SMILES string of the molecule is [2H]CC(=O)OC[C@H]1OC(OCCNC(=O)C=C)[C@@H](OC(=O)C[2H])[C@@H](OC(=O)C[2H])[C@@H]1OC(=O)C[2H]. The van der Waals surface area contributed by atoms with Crippen molar-refractivity contribution in [3.63, 3.8) is 0 Å². The third-order valence-corrected chi connectivity index (χ3v) is 3.67. The Kier molecular flexibility index (Phi) is 8.14. The minimum Gasteiger partial charge on any atom is -0.463 e. The van der Waals surface area contributed by atoms with E-state index in [1.807, 2.05) is 0 Å². The van der Waals surface area contributed by atoms with E-state index in [4.69, 9.17) is 33.9 Å². The number of carbonyl (C=O) groups excluding carboxylic acids is 5. The molecule has 1 amide bonds. The molecule has 0 bridgehead atoms. The number of esters is 4. The van der Waals surface area contributed by atoms with Gasteiger partial charge in [-0.15, -0.1) is 0 Å². The topological polar surface area (TPSA) is 153 Å². The third kappa shape index (κ3) is 9.13. The Morgan fingerprint density at radius 1 is 0.935 bits per heavy atom. The van der Waals surface area contributed by atoms with Crippen LogP contribution < -0.4 is 5.32 Å². The molecule has 31 heavy (non-hydrogen) atoms. The summed E-state index contributed by atoms with van der Waals surface area (Å²) in [6, 6.07) is 0. The molecule has 0 aromatic heterocycles. The van der Waals surface area contributed by atoms with Crippen molar-refractivity contribution in [2.75, 3.05) is 19.8 Å². The molecule has 1 aliphatic rings. The monoisotopic (exact) mass is 449 g/mol. The normalized spacial score (nSPS) is 26.6. The Morgan fingerprint density at radius 2 is 1.52 bits per heavy atom. The maximum Gasteiger partial charge on any atom is 0.303 e. The van der Waals surface area contributed by atoms with Crippen LogP contribution in [-0.2, 0) is 52.4 Å². The van der Waals surface area contributed by atoms with Gasteiger partial charge in [0, 0.05) is 39.6 Å². The quantitative estimate of drug-likeness (QED) is 0.197. The minimum absolute atomic E-state index is 0.0449. The summed E-state index contributed by atoms with van der Waals surface area (Å²) in [6.45, 7) is -0.822. The van der Waals surface area contributed by atoms with Crippen LogP contribution in [0.4, 0.5) is 0 Å². The summed E-state index contributed by atoms with van der Waals surface area (Å²) in [6.07, 6.45) is -6.70. The zero-order valence-electron chi connectivity index (χ0n) is 20.6. The van der Waals surface area contributed by atoms with Gasteiger partial charge in [0.2, 0.25) is 5.91 Å². The maximum absolute atomic E-state index is 12.0. The molecule has 1 fully saturated rings. The lowest BCUT2D eigenvalue weighted by atomic mass is 9.98. The standard InChI is InChI=1S/C19H27NO11/c1-6-15(25)20-7-8-26-19-18(30-13(5)24)17(29-12(4)23)16(28-11(3)22)14(31-19)9-27-10(2)21/h6,14,16-19H,1,7-9H2,2-5H3,(H,20,25)/t14-,16-,17+,18+,19?/m1/s1/i2D,3D,4D,5D. The van der Waals surface area contributed by atoms with E-state index in [-0.39, 0.29) is 13.2 Å². The van der Waals surface area contributed by atoms with Crippen molar-refractivity contribution in [1.82, 2.24) is 5.32 Å². The molecular weight excluding hydrogens is 418 g/mol. The van der Waals surface area contributed by atoms with Gasteiger partial charge in [0.1, 0.15) is 12.7 Å². The van der Waals surface area contributed by atoms with Gasteiger partial charge in [-0.05, 0) is 6.08 Å². The molecular formula is C19H27NO11. The summed E-state index contributed by atoms with van der Waals surface area (Å²) >= 11 is 0. The van der Waals surface area contributed by atoms with E-state index in [9.17, 15) is 24.0 Å². The van der Waals surface area contributed by atoms with Crippen molar-refractivity contribution in [1.29, 1.82) is 0 Å². The molecule has 5 atom stereocenters. The maximum atomic E-state index is 12.0. The van der Waals surface area contributed by atoms with Gasteiger partial charge in [-0.25, -0.2) is 0 Å². The lowest BCUT2D eigenvalue weighted by Crippen LogP contribution is -2.63. The molecule has 0 radical (unpaired) electrons. The summed E-state index contributed by atoms with van der Waals surface area (Å²) < 4.78 is 60.2. The Balaban J connectivity index is 3.29. The summed E-state index contributed by atoms with van der Waals surface area (Å²) in [5.41, 5.74) is 0. The second-order valence-corrected chi connectivity index (χ2v) is 5.96. The van der Waals surface area contributed by atoms with Gasteiger partial charge in [0.05, 0.1) is 6.61 Å². The Hall–Kier alpha value is -2.99. The van der Waals surface area contributed by atoms with Crippen molar-refractivity contribution in [3.05, 3.63) is 12.7 Å². The Labute approximate surface area is 184 Å². The van der Waals surface area contributed by atoms with Crippen LogP contribution >= 0.6 is 0 Å². The number of hydrogen-bond acceptors (Lipinski definition) is 11. The van der Waals surface area contributed by atoms with E-state index in [1.165, 1.54) is 0 Å². The van der Waals surface area contributed by atoms with Crippen LogP contribution in [0.1, 0.15) is 33.1 Å². The average Bonchev–Trinajstić information content (AvgIpc) is 2.87. The number of amides is 1. The van der Waals surface area contributed by atoms with Crippen LogP contribution in [0, 0.1) is 0 Å². The van der Waals surface area contributed by atoms with Crippen molar-refractivity contribution in [2.24, 2.45) is 0 Å². The van der Waals surface area contributed by atoms with Crippen molar-refractivity contribution in [3.8, 4) is 0 Å². The first kappa shape index (κ1) is 19.9. The molecule has 0 saturated carbocycles. The molecule has 1 heterocycles. The van der Waals surface area contributed by atoms with E-state index < -0.39 is 94.7 Å². The summed E-state index contributed by atoms with van der Waals surface area (Å²) in [4.78, 5) is 58.6. The largest absolute Gasteiger partial charge is 0.463 e. The second kappa shape index (κ2) is 12.6. The summed E-state index contributed by atoms with van der Waals surface area (Å²) in [5, 5.41) is 2.43. The molecule has 0 spiro atoms. The van der Waals surface area contributed by atoms with E-state index >= 15 is 0 Å². The zero-order chi connectivity index (χ0) is 26.4. The van der Waals surface area contributed by atoms with Crippen molar-refractivity contribution in [2.45, 2.75) is 58.3 Å². The Bertz CT molecular complexity index is 769. The first-order valence-electron chi connectivity index (χ1n) is 11.6. The van der Waals surface area contributed by atoms with E-state index in [2.05, 4.69) is 11.9 Å². The molecule has 12 nitrogen and oxygen atoms in total. The molecule has 174 valence electrons.